The minimum Gasteiger partial charge on any atom is -0.466 e. The summed E-state index contributed by atoms with van der Waals surface area (Å²) in [5, 5.41) is 0. The zero-order valence-corrected chi connectivity index (χ0v) is 13.4. The topological polar surface area (TPSA) is 55.8 Å². The van der Waals surface area contributed by atoms with Crippen molar-refractivity contribution in [2.75, 3.05) is 20.7 Å². The van der Waals surface area contributed by atoms with Crippen molar-refractivity contribution in [3.63, 3.8) is 0 Å². The van der Waals surface area contributed by atoms with Gasteiger partial charge in [0.15, 0.2) is 0 Å². The van der Waals surface area contributed by atoms with Crippen LogP contribution in [0.5, 0.6) is 0 Å². The molecule has 0 N–H and O–H groups in total. The van der Waals surface area contributed by atoms with Crippen molar-refractivity contribution in [3.8, 4) is 0 Å². The van der Waals surface area contributed by atoms with Gasteiger partial charge >= 0.3 is 12.1 Å². The molecule has 0 aliphatic carbocycles. The first-order valence-corrected chi connectivity index (χ1v) is 6.84. The summed E-state index contributed by atoms with van der Waals surface area (Å²) in [4.78, 5) is 24.2. The van der Waals surface area contributed by atoms with Crippen LogP contribution in [0.4, 0.5) is 4.79 Å². The van der Waals surface area contributed by atoms with E-state index in [-0.39, 0.29) is 12.1 Å². The van der Waals surface area contributed by atoms with Gasteiger partial charge in [-0.05, 0) is 39.5 Å². The maximum atomic E-state index is 11.7. The smallest absolute Gasteiger partial charge is 0.410 e. The monoisotopic (exact) mass is 285 g/mol. The normalized spacial score (nSPS) is 13.1. The number of carbonyl (C=O) groups is 2. The van der Waals surface area contributed by atoms with Crippen LogP contribution < -0.4 is 0 Å². The Kier molecular flexibility index (Phi) is 7.96. The highest BCUT2D eigenvalue weighted by Crippen LogP contribution is 2.12. The summed E-state index contributed by atoms with van der Waals surface area (Å²) < 4.78 is 9.78. The maximum Gasteiger partial charge on any atom is 0.410 e. The van der Waals surface area contributed by atoms with Crippen LogP contribution >= 0.6 is 0 Å². The Balaban J connectivity index is 4.00. The van der Waals surface area contributed by atoms with Crippen molar-refractivity contribution >= 4 is 12.1 Å². The molecule has 0 aliphatic heterocycles. The van der Waals surface area contributed by atoms with E-state index in [0.29, 0.717) is 12.5 Å². The van der Waals surface area contributed by atoms with Gasteiger partial charge in [0, 0.05) is 19.7 Å². The molecule has 0 spiro atoms. The predicted octanol–water partition coefficient (Wildman–Crippen LogP) is 3.00. The van der Waals surface area contributed by atoms with Gasteiger partial charge in [0.2, 0.25) is 0 Å². The molecule has 0 saturated heterocycles. The van der Waals surface area contributed by atoms with Gasteiger partial charge in [-0.2, -0.15) is 0 Å². The van der Waals surface area contributed by atoms with Gasteiger partial charge in [0.25, 0.3) is 0 Å². The number of carbonyl (C=O) groups excluding carboxylic acids is 2. The van der Waals surface area contributed by atoms with Gasteiger partial charge in [-0.1, -0.05) is 13.0 Å². The van der Waals surface area contributed by atoms with Crippen molar-refractivity contribution in [2.45, 2.75) is 46.1 Å². The van der Waals surface area contributed by atoms with Crippen LogP contribution in [0.2, 0.25) is 0 Å². The minimum atomic E-state index is -0.472. The molecule has 5 nitrogen and oxygen atoms in total. The minimum absolute atomic E-state index is 0.310. The van der Waals surface area contributed by atoms with E-state index in [2.05, 4.69) is 11.7 Å². The largest absolute Gasteiger partial charge is 0.466 e. The van der Waals surface area contributed by atoms with Crippen molar-refractivity contribution in [1.29, 1.82) is 0 Å². The lowest BCUT2D eigenvalue weighted by Gasteiger charge is -2.25. The van der Waals surface area contributed by atoms with E-state index in [1.807, 2.05) is 20.8 Å². The van der Waals surface area contributed by atoms with Crippen LogP contribution in [-0.2, 0) is 14.3 Å². The molecule has 5 heteroatoms. The van der Waals surface area contributed by atoms with Gasteiger partial charge in [0.1, 0.15) is 5.60 Å². The van der Waals surface area contributed by atoms with Crippen LogP contribution in [0, 0.1) is 5.92 Å². The average molecular weight is 285 g/mol. The maximum absolute atomic E-state index is 11.7. The summed E-state index contributed by atoms with van der Waals surface area (Å²) in [6.45, 7) is 8.24. The van der Waals surface area contributed by atoms with Crippen molar-refractivity contribution < 1.29 is 19.1 Å². The molecule has 116 valence electrons. The van der Waals surface area contributed by atoms with E-state index in [1.54, 1.807) is 18.0 Å². The Morgan fingerprint density at radius 1 is 1.30 bits per heavy atom. The number of allylic oxidation sites excluding steroid dienone is 1. The predicted molar refractivity (Wildman–Crippen MR) is 78.4 cm³/mol. The van der Waals surface area contributed by atoms with Crippen LogP contribution in [-0.4, -0.2) is 43.3 Å². The standard InChI is InChI=1S/C15H27NO4/c1-12(8-7-9-13(17)19-6)10-11-16(5)14(18)20-15(2,3)4/h7,9,12H,8,10-11H2,1-6H3/b9-7+. The first kappa shape index (κ1) is 18.5. The lowest BCUT2D eigenvalue weighted by atomic mass is 10.0. The van der Waals surface area contributed by atoms with Crippen LogP contribution in [0.1, 0.15) is 40.5 Å². The number of nitrogens with zero attached hydrogens (tertiary/aromatic N) is 1. The van der Waals surface area contributed by atoms with Crippen LogP contribution in [0.3, 0.4) is 0 Å². The molecule has 1 atom stereocenters. The van der Waals surface area contributed by atoms with E-state index in [9.17, 15) is 9.59 Å². The van der Waals surface area contributed by atoms with Gasteiger partial charge in [-0.15, -0.1) is 0 Å². The quantitative estimate of drug-likeness (QED) is 0.556. The van der Waals surface area contributed by atoms with E-state index in [0.717, 1.165) is 12.8 Å². The highest BCUT2D eigenvalue weighted by Gasteiger charge is 2.19. The first-order chi connectivity index (χ1) is 9.15. The lowest BCUT2D eigenvalue weighted by Crippen LogP contribution is -2.35. The molecule has 0 heterocycles. The van der Waals surface area contributed by atoms with E-state index >= 15 is 0 Å². The van der Waals surface area contributed by atoms with E-state index in [4.69, 9.17) is 4.74 Å². The average Bonchev–Trinajstić information content (AvgIpc) is 2.33. The lowest BCUT2D eigenvalue weighted by molar-refractivity contribution is -0.134. The SMILES string of the molecule is COC(=O)/C=C/CC(C)CCN(C)C(=O)OC(C)(C)C. The summed E-state index contributed by atoms with van der Waals surface area (Å²) in [5.41, 5.74) is -0.472. The van der Waals surface area contributed by atoms with E-state index < -0.39 is 5.60 Å². The summed E-state index contributed by atoms with van der Waals surface area (Å²) in [6, 6.07) is 0. The number of esters is 1. The molecule has 0 bridgehead atoms. The molecule has 20 heavy (non-hydrogen) atoms. The molecule has 0 rings (SSSR count). The van der Waals surface area contributed by atoms with Crippen molar-refractivity contribution in [2.24, 2.45) is 5.92 Å². The van der Waals surface area contributed by atoms with Crippen molar-refractivity contribution in [3.05, 3.63) is 12.2 Å². The zero-order valence-electron chi connectivity index (χ0n) is 13.4. The fourth-order valence-electron chi connectivity index (χ4n) is 1.43. The number of rotatable bonds is 6. The molecular formula is C15H27NO4. The second-order valence-electron chi connectivity index (χ2n) is 5.96. The molecular weight excluding hydrogens is 258 g/mol. The number of methoxy groups -OCH3 is 1. The van der Waals surface area contributed by atoms with Crippen LogP contribution in [0.25, 0.3) is 0 Å². The molecule has 0 aliphatic rings. The number of hydrogen-bond acceptors (Lipinski definition) is 4. The summed E-state index contributed by atoms with van der Waals surface area (Å²) in [6.07, 6.45) is 4.53. The van der Waals surface area contributed by atoms with Gasteiger partial charge in [0.05, 0.1) is 7.11 Å². The third-order valence-electron chi connectivity index (χ3n) is 2.66. The van der Waals surface area contributed by atoms with Gasteiger partial charge in [-0.25, -0.2) is 9.59 Å². The molecule has 0 saturated carbocycles. The highest BCUT2D eigenvalue weighted by molar-refractivity contribution is 5.81. The fourth-order valence-corrected chi connectivity index (χ4v) is 1.43. The third kappa shape index (κ3) is 9.42. The Labute approximate surface area is 121 Å². The second kappa shape index (κ2) is 8.61. The molecule has 0 radical (unpaired) electrons. The Bertz CT molecular complexity index is 344. The molecule has 1 amide bonds. The summed E-state index contributed by atoms with van der Waals surface area (Å²) in [5.74, 6) is 0.0314. The number of amides is 1. The number of ether oxygens (including phenoxy) is 2. The molecule has 0 aromatic carbocycles. The van der Waals surface area contributed by atoms with Gasteiger partial charge in [-0.3, -0.25) is 0 Å². The Hall–Kier alpha value is -1.52. The Morgan fingerprint density at radius 2 is 1.90 bits per heavy atom. The molecule has 0 aromatic heterocycles. The summed E-state index contributed by atoms with van der Waals surface area (Å²) >= 11 is 0. The summed E-state index contributed by atoms with van der Waals surface area (Å²) in [7, 11) is 3.08. The van der Waals surface area contributed by atoms with Crippen molar-refractivity contribution in [1.82, 2.24) is 4.90 Å². The molecule has 1 unspecified atom stereocenters. The third-order valence-corrected chi connectivity index (χ3v) is 2.66. The first-order valence-electron chi connectivity index (χ1n) is 6.84. The fraction of sp³-hybridized carbons (Fsp3) is 0.733. The highest BCUT2D eigenvalue weighted by atomic mass is 16.6. The molecule has 0 fully saturated rings. The van der Waals surface area contributed by atoms with Crippen LogP contribution in [0.15, 0.2) is 12.2 Å². The zero-order chi connectivity index (χ0) is 15.8. The number of hydrogen-bond donors (Lipinski definition) is 0. The van der Waals surface area contributed by atoms with Gasteiger partial charge < -0.3 is 14.4 Å². The Morgan fingerprint density at radius 3 is 2.40 bits per heavy atom. The molecule has 0 aromatic rings. The second-order valence-corrected chi connectivity index (χ2v) is 5.96. The van der Waals surface area contributed by atoms with E-state index in [1.165, 1.54) is 13.2 Å².